The van der Waals surface area contributed by atoms with Gasteiger partial charge in [0.1, 0.15) is 11.6 Å². The van der Waals surface area contributed by atoms with Crippen molar-refractivity contribution in [3.63, 3.8) is 0 Å². The first kappa shape index (κ1) is 17.3. The van der Waals surface area contributed by atoms with Gasteiger partial charge in [-0.1, -0.05) is 0 Å². The van der Waals surface area contributed by atoms with E-state index < -0.39 is 17.9 Å². The third-order valence-corrected chi connectivity index (χ3v) is 4.19. The molecule has 0 radical (unpaired) electrons. The summed E-state index contributed by atoms with van der Waals surface area (Å²) in [5, 5.41) is 9.08. The summed E-state index contributed by atoms with van der Waals surface area (Å²) in [6, 6.07) is 0. The minimum Gasteiger partial charge on any atom is -0.481 e. The molecule has 0 saturated heterocycles. The minimum absolute atomic E-state index is 0.0272. The van der Waals surface area contributed by atoms with Gasteiger partial charge < -0.3 is 9.84 Å². The first-order valence-electron chi connectivity index (χ1n) is 7.18. The number of hydrogen-bond donors (Lipinski definition) is 1. The van der Waals surface area contributed by atoms with Crippen LogP contribution in [0.1, 0.15) is 45.4 Å². The van der Waals surface area contributed by atoms with E-state index in [0.29, 0.717) is 25.7 Å². The number of hydrogen-bond acceptors (Lipinski definition) is 5. The molecular formula is C15H22O6. The fraction of sp³-hybridized carbons (Fsp3) is 0.733. The van der Waals surface area contributed by atoms with E-state index in [1.165, 1.54) is 7.11 Å². The molecule has 1 rings (SSSR count). The van der Waals surface area contributed by atoms with E-state index in [2.05, 4.69) is 4.74 Å². The van der Waals surface area contributed by atoms with Crippen LogP contribution in [-0.4, -0.2) is 35.7 Å². The lowest BCUT2D eigenvalue weighted by Gasteiger charge is -2.26. The van der Waals surface area contributed by atoms with Gasteiger partial charge in [0.05, 0.1) is 19.4 Å². The summed E-state index contributed by atoms with van der Waals surface area (Å²) in [6.45, 7) is 1.56. The van der Waals surface area contributed by atoms with Crippen LogP contribution in [0.3, 0.4) is 0 Å². The van der Waals surface area contributed by atoms with E-state index >= 15 is 0 Å². The molecule has 0 aromatic carbocycles. The molecule has 0 amide bonds. The van der Waals surface area contributed by atoms with Gasteiger partial charge in [-0.05, 0) is 32.6 Å². The van der Waals surface area contributed by atoms with Crippen molar-refractivity contribution in [3.8, 4) is 0 Å². The van der Waals surface area contributed by atoms with Crippen LogP contribution in [-0.2, 0) is 23.9 Å². The van der Waals surface area contributed by atoms with Crippen molar-refractivity contribution in [3.05, 3.63) is 0 Å². The highest BCUT2D eigenvalue weighted by molar-refractivity contribution is 5.88. The Morgan fingerprint density at radius 1 is 1.05 bits per heavy atom. The predicted octanol–water partition coefficient (Wildman–Crippen LogP) is 1.60. The van der Waals surface area contributed by atoms with Crippen LogP contribution >= 0.6 is 0 Å². The number of rotatable bonds is 7. The van der Waals surface area contributed by atoms with Gasteiger partial charge in [0.2, 0.25) is 0 Å². The third kappa shape index (κ3) is 5.28. The van der Waals surface area contributed by atoms with E-state index in [9.17, 15) is 19.2 Å². The SMILES string of the molecule is COC(=O)CC(CC(=O)C1CCC(C(C)=O)CC1)C(=O)O. The maximum absolute atomic E-state index is 12.2. The molecule has 21 heavy (non-hydrogen) atoms. The molecule has 6 nitrogen and oxygen atoms in total. The molecule has 0 bridgehead atoms. The summed E-state index contributed by atoms with van der Waals surface area (Å²) in [5.41, 5.74) is 0. The summed E-state index contributed by atoms with van der Waals surface area (Å²) in [4.78, 5) is 45.7. The minimum atomic E-state index is -1.16. The van der Waals surface area contributed by atoms with E-state index in [1.54, 1.807) is 6.92 Å². The number of methoxy groups -OCH3 is 1. The van der Waals surface area contributed by atoms with Crippen LogP contribution < -0.4 is 0 Å². The van der Waals surface area contributed by atoms with Crippen molar-refractivity contribution in [1.82, 2.24) is 0 Å². The number of esters is 1. The molecule has 0 aromatic rings. The quantitative estimate of drug-likeness (QED) is 0.717. The Kier molecular flexibility index (Phi) is 6.52. The lowest BCUT2D eigenvalue weighted by molar-refractivity contribution is -0.151. The maximum Gasteiger partial charge on any atom is 0.307 e. The normalized spacial score (nSPS) is 23.1. The standard InChI is InChI=1S/C15H22O6/c1-9(16)10-3-5-11(6-4-10)13(17)7-12(15(19)20)8-14(18)21-2/h10-12H,3-8H2,1-2H3,(H,19,20). The number of carbonyl (C=O) groups is 4. The molecule has 0 aliphatic heterocycles. The highest BCUT2D eigenvalue weighted by atomic mass is 16.5. The van der Waals surface area contributed by atoms with Gasteiger partial charge in [0, 0.05) is 18.3 Å². The molecule has 118 valence electrons. The Bertz CT molecular complexity index is 420. The van der Waals surface area contributed by atoms with Crippen LogP contribution in [0.5, 0.6) is 0 Å². The lowest BCUT2D eigenvalue weighted by atomic mass is 9.77. The van der Waals surface area contributed by atoms with Crippen molar-refractivity contribution in [1.29, 1.82) is 0 Å². The average molecular weight is 298 g/mol. The van der Waals surface area contributed by atoms with Crippen LogP contribution in [0.25, 0.3) is 0 Å². The molecule has 1 atom stereocenters. The van der Waals surface area contributed by atoms with Crippen molar-refractivity contribution in [2.45, 2.75) is 45.4 Å². The second-order valence-electron chi connectivity index (χ2n) is 5.65. The monoisotopic (exact) mass is 298 g/mol. The predicted molar refractivity (Wildman–Crippen MR) is 73.5 cm³/mol. The number of Topliss-reactive ketones (excluding diaryl/α,β-unsaturated/α-hetero) is 2. The highest BCUT2D eigenvalue weighted by Crippen LogP contribution is 2.31. The molecule has 6 heteroatoms. The van der Waals surface area contributed by atoms with Crippen molar-refractivity contribution >= 4 is 23.5 Å². The van der Waals surface area contributed by atoms with E-state index in [1.807, 2.05) is 0 Å². The Hall–Kier alpha value is -1.72. The smallest absolute Gasteiger partial charge is 0.307 e. The Labute approximate surface area is 123 Å². The zero-order valence-electron chi connectivity index (χ0n) is 12.5. The fourth-order valence-electron chi connectivity index (χ4n) is 2.76. The Morgan fingerprint density at radius 3 is 2.00 bits per heavy atom. The van der Waals surface area contributed by atoms with Gasteiger partial charge in [-0.25, -0.2) is 0 Å². The van der Waals surface area contributed by atoms with Gasteiger partial charge in [0.25, 0.3) is 0 Å². The molecule has 1 fully saturated rings. The first-order chi connectivity index (χ1) is 9.85. The summed E-state index contributed by atoms with van der Waals surface area (Å²) in [6.07, 6.45) is 2.16. The number of aliphatic carboxylic acids is 1. The molecule has 0 spiro atoms. The highest BCUT2D eigenvalue weighted by Gasteiger charge is 2.32. The van der Waals surface area contributed by atoms with Crippen LogP contribution in [0.15, 0.2) is 0 Å². The zero-order valence-corrected chi connectivity index (χ0v) is 12.5. The fourth-order valence-corrected chi connectivity index (χ4v) is 2.76. The van der Waals surface area contributed by atoms with Gasteiger partial charge in [-0.15, -0.1) is 0 Å². The molecule has 1 N–H and O–H groups in total. The molecule has 1 aliphatic carbocycles. The van der Waals surface area contributed by atoms with Crippen LogP contribution in [0.2, 0.25) is 0 Å². The van der Waals surface area contributed by atoms with Crippen molar-refractivity contribution < 1.29 is 29.0 Å². The van der Waals surface area contributed by atoms with Gasteiger partial charge in [-0.3, -0.25) is 19.2 Å². The molecular weight excluding hydrogens is 276 g/mol. The van der Waals surface area contributed by atoms with Crippen LogP contribution in [0.4, 0.5) is 0 Å². The van der Waals surface area contributed by atoms with Gasteiger partial charge in [0.15, 0.2) is 0 Å². The summed E-state index contributed by atoms with van der Waals surface area (Å²) < 4.78 is 4.45. The topological polar surface area (TPSA) is 97.7 Å². The average Bonchev–Trinajstić information content (AvgIpc) is 2.46. The summed E-state index contributed by atoms with van der Waals surface area (Å²) in [5.74, 6) is -2.97. The van der Waals surface area contributed by atoms with E-state index in [0.717, 1.165) is 0 Å². The number of carboxylic acid groups (broad SMARTS) is 1. The van der Waals surface area contributed by atoms with E-state index in [-0.39, 0.29) is 36.2 Å². The molecule has 1 aliphatic rings. The number of ketones is 2. The van der Waals surface area contributed by atoms with E-state index in [4.69, 9.17) is 5.11 Å². The first-order valence-corrected chi connectivity index (χ1v) is 7.18. The summed E-state index contributed by atoms with van der Waals surface area (Å²) in [7, 11) is 1.19. The maximum atomic E-state index is 12.2. The van der Waals surface area contributed by atoms with Gasteiger partial charge >= 0.3 is 11.9 Å². The van der Waals surface area contributed by atoms with Crippen molar-refractivity contribution in [2.24, 2.45) is 17.8 Å². The summed E-state index contributed by atoms with van der Waals surface area (Å²) >= 11 is 0. The van der Waals surface area contributed by atoms with Crippen molar-refractivity contribution in [2.75, 3.05) is 7.11 Å². The zero-order chi connectivity index (χ0) is 16.0. The molecule has 1 saturated carbocycles. The number of carbonyl (C=O) groups excluding carboxylic acids is 3. The molecule has 0 heterocycles. The largest absolute Gasteiger partial charge is 0.481 e. The number of ether oxygens (including phenoxy) is 1. The Morgan fingerprint density at radius 2 is 1.57 bits per heavy atom. The second kappa shape index (κ2) is 7.90. The third-order valence-electron chi connectivity index (χ3n) is 4.19. The van der Waals surface area contributed by atoms with Crippen LogP contribution in [0, 0.1) is 17.8 Å². The Balaban J connectivity index is 2.53. The molecule has 1 unspecified atom stereocenters. The molecule has 0 aromatic heterocycles. The van der Waals surface area contributed by atoms with Gasteiger partial charge in [-0.2, -0.15) is 0 Å². The second-order valence-corrected chi connectivity index (χ2v) is 5.65. The number of carboxylic acids is 1. The lowest BCUT2D eigenvalue weighted by Crippen LogP contribution is -2.29.